The fourth-order valence-electron chi connectivity index (χ4n) is 3.00. The molecular weight excluding hydrogens is 356 g/mol. The van der Waals surface area contributed by atoms with E-state index in [1.165, 1.54) is 0 Å². The van der Waals surface area contributed by atoms with Gasteiger partial charge in [-0.15, -0.1) is 4.41 Å². The average molecular weight is 385 g/mol. The van der Waals surface area contributed by atoms with Crippen LogP contribution in [0.25, 0.3) is 0 Å². The van der Waals surface area contributed by atoms with Crippen molar-refractivity contribution in [3.05, 3.63) is 38.9 Å². The minimum absolute atomic E-state index is 0.00481. The summed E-state index contributed by atoms with van der Waals surface area (Å²) in [5, 5.41) is 11.0. The molecule has 0 saturated carbocycles. The van der Waals surface area contributed by atoms with Gasteiger partial charge in [-0.05, 0) is 39.6 Å². The predicted molar refractivity (Wildman–Crippen MR) is 99.4 cm³/mol. The highest BCUT2D eigenvalue weighted by molar-refractivity contribution is 7.89. The molecule has 1 heterocycles. The van der Waals surface area contributed by atoms with E-state index in [1.807, 2.05) is 39.8 Å². The molecule has 0 aromatic heterocycles. The smallest absolute Gasteiger partial charge is 0.233 e. The summed E-state index contributed by atoms with van der Waals surface area (Å²) in [5.41, 5.74) is 4.98. The molecule has 0 radical (unpaired) electrons. The maximum Gasteiger partial charge on any atom is 0.258 e. The first kappa shape index (κ1) is 20.6. The third kappa shape index (κ3) is 3.84. The number of sulfonamides is 1. The number of hydrazine groups is 3. The zero-order valence-electron chi connectivity index (χ0n) is 16.2. The van der Waals surface area contributed by atoms with E-state index >= 15 is 0 Å². The van der Waals surface area contributed by atoms with Gasteiger partial charge in [-0.1, -0.05) is 59.2 Å². The minimum atomic E-state index is -3.92. The van der Waals surface area contributed by atoms with E-state index < -0.39 is 15.1 Å². The van der Waals surface area contributed by atoms with Gasteiger partial charge in [-0.3, -0.25) is 0 Å². The van der Waals surface area contributed by atoms with Gasteiger partial charge < -0.3 is 0 Å². The van der Waals surface area contributed by atoms with Crippen LogP contribution in [-0.2, 0) is 10.0 Å². The van der Waals surface area contributed by atoms with Crippen molar-refractivity contribution >= 4 is 10.0 Å². The van der Waals surface area contributed by atoms with Crippen LogP contribution in [0.4, 0.5) is 0 Å². The van der Waals surface area contributed by atoms with E-state index in [2.05, 4.69) is 19.4 Å². The topological polar surface area (TPSA) is 95.8 Å². The molecule has 2 rings (SSSR count). The van der Waals surface area contributed by atoms with Gasteiger partial charge in [0.1, 0.15) is 6.54 Å². The van der Waals surface area contributed by atoms with E-state index in [9.17, 15) is 18.5 Å². The molecule has 1 aromatic rings. The summed E-state index contributed by atoms with van der Waals surface area (Å²) in [6, 6.07) is 3.91. The summed E-state index contributed by atoms with van der Waals surface area (Å²) >= 11 is 0. The van der Waals surface area contributed by atoms with Gasteiger partial charge in [0.25, 0.3) is 10.0 Å². The Bertz CT molecular complexity index is 761. The molecule has 1 aliphatic rings. The van der Waals surface area contributed by atoms with Crippen LogP contribution in [0.15, 0.2) is 17.0 Å². The van der Waals surface area contributed by atoms with Crippen LogP contribution < -0.4 is 5.53 Å². The highest BCUT2D eigenvalue weighted by atomic mass is 32.2. The molecule has 0 amide bonds. The lowest BCUT2D eigenvalue weighted by molar-refractivity contribution is -0.667. The van der Waals surface area contributed by atoms with Crippen molar-refractivity contribution < 1.29 is 13.5 Å². The van der Waals surface area contributed by atoms with E-state index in [1.54, 1.807) is 0 Å². The van der Waals surface area contributed by atoms with Crippen molar-refractivity contribution in [3.63, 3.8) is 0 Å². The summed E-state index contributed by atoms with van der Waals surface area (Å²) in [6.07, 6.45) is 0. The predicted octanol–water partition coefficient (Wildman–Crippen LogP) is 2.97. The van der Waals surface area contributed by atoms with Gasteiger partial charge >= 0.3 is 0 Å². The molecule has 1 saturated heterocycles. The maximum absolute atomic E-state index is 13.3. The molecule has 1 fully saturated rings. The van der Waals surface area contributed by atoms with Gasteiger partial charge in [-0.25, -0.2) is 18.5 Å². The lowest BCUT2D eigenvalue weighted by Crippen LogP contribution is -2.45. The first-order chi connectivity index (χ1) is 12.0. The normalized spacial score (nSPS) is 16.3. The second-order valence-electron chi connectivity index (χ2n) is 7.53. The molecule has 0 spiro atoms. The Hall–Kier alpha value is -1.71. The van der Waals surface area contributed by atoms with Crippen molar-refractivity contribution in [2.45, 2.75) is 64.2 Å². The molecule has 0 aliphatic carbocycles. The molecule has 9 heteroatoms. The molecule has 1 N–H and O–H groups in total. The molecule has 146 valence electrons. The third-order valence-corrected chi connectivity index (χ3v) is 6.40. The van der Waals surface area contributed by atoms with E-state index in [0.29, 0.717) is 5.12 Å². The van der Waals surface area contributed by atoms with E-state index in [4.69, 9.17) is 0 Å². The summed E-state index contributed by atoms with van der Waals surface area (Å²) in [6.45, 7) is 12.0. The first-order valence-corrected chi connectivity index (χ1v) is 10.3. The van der Waals surface area contributed by atoms with Gasteiger partial charge in [-0.2, -0.15) is 0 Å². The summed E-state index contributed by atoms with van der Waals surface area (Å²) in [7, 11) is -3.92. The van der Waals surface area contributed by atoms with Gasteiger partial charge in [0.15, 0.2) is 5.03 Å². The number of rotatable bonds is 6. The zero-order valence-corrected chi connectivity index (χ0v) is 17.0. The maximum atomic E-state index is 13.3. The third-order valence-electron chi connectivity index (χ3n) is 4.57. The second kappa shape index (κ2) is 7.50. The van der Waals surface area contributed by atoms with Crippen molar-refractivity contribution in [2.75, 3.05) is 13.1 Å². The Morgan fingerprint density at radius 3 is 1.85 bits per heavy atom. The van der Waals surface area contributed by atoms with Crippen LogP contribution in [0, 0.1) is 10.1 Å². The fourth-order valence-corrected chi connectivity index (χ4v) is 4.93. The van der Waals surface area contributed by atoms with Crippen molar-refractivity contribution in [2.24, 2.45) is 0 Å². The Morgan fingerprint density at radius 2 is 1.50 bits per heavy atom. The molecule has 26 heavy (non-hydrogen) atoms. The molecule has 0 bridgehead atoms. The quantitative estimate of drug-likeness (QED) is 0.598. The average Bonchev–Trinajstić information content (AvgIpc) is 3.04. The summed E-state index contributed by atoms with van der Waals surface area (Å²) in [4.78, 5) is 11.2. The van der Waals surface area contributed by atoms with E-state index in [-0.39, 0.29) is 35.7 Å². The van der Waals surface area contributed by atoms with Gasteiger partial charge in [0.2, 0.25) is 0 Å². The first-order valence-electron chi connectivity index (χ1n) is 8.85. The lowest BCUT2D eigenvalue weighted by Gasteiger charge is -2.25. The number of hydrogen-bond acceptors (Lipinski definition) is 5. The van der Waals surface area contributed by atoms with Crippen molar-refractivity contribution in [1.29, 1.82) is 0 Å². The molecule has 0 unspecified atom stereocenters. The molecule has 1 aliphatic heterocycles. The fraction of sp³-hybridized carbons (Fsp3) is 0.647. The van der Waals surface area contributed by atoms with Crippen LogP contribution in [0.2, 0.25) is 0 Å². The summed E-state index contributed by atoms with van der Waals surface area (Å²) < 4.78 is 27.7. The van der Waals surface area contributed by atoms with Crippen LogP contribution in [0.3, 0.4) is 0 Å². The number of hydrogen-bond donors (Lipinski definition) is 1. The van der Waals surface area contributed by atoms with Crippen molar-refractivity contribution in [1.82, 2.24) is 15.1 Å². The van der Waals surface area contributed by atoms with Crippen LogP contribution in [0.5, 0.6) is 0 Å². The number of nitrogens with one attached hydrogen (secondary N) is 1. The highest BCUT2D eigenvalue weighted by Gasteiger charge is 2.38. The SMILES string of the molecule is CC(C)c1cc(C(C)C)c(S(=O)(=O)N2CCN([N+](=O)[O-])N2)c(C(C)C)c1. The molecule has 1 aromatic carbocycles. The standard InChI is InChI=1S/C17H28N4O4S/c1-11(2)14-9-15(12(3)4)17(16(10-14)13(5)6)26(24,25)20-8-7-19(18-20)21(22)23/h9-13,18H,7-8H2,1-6H3. The molecular formula is C17H28N4O4S. The highest BCUT2D eigenvalue weighted by Crippen LogP contribution is 2.36. The number of benzene rings is 1. The van der Waals surface area contributed by atoms with Crippen molar-refractivity contribution in [3.8, 4) is 0 Å². The Labute approximate surface area is 155 Å². The number of nitrogens with zero attached hydrogens (tertiary/aromatic N) is 3. The lowest BCUT2D eigenvalue weighted by atomic mass is 9.89. The second-order valence-corrected chi connectivity index (χ2v) is 9.33. The summed E-state index contributed by atoms with van der Waals surface area (Å²) in [5.74, 6) is 0.284. The van der Waals surface area contributed by atoms with Gasteiger partial charge in [0, 0.05) is 0 Å². The Morgan fingerprint density at radius 1 is 1.00 bits per heavy atom. The Balaban J connectivity index is 2.65. The largest absolute Gasteiger partial charge is 0.258 e. The van der Waals surface area contributed by atoms with Crippen LogP contribution >= 0.6 is 0 Å². The molecule has 8 nitrogen and oxygen atoms in total. The van der Waals surface area contributed by atoms with Crippen LogP contribution in [0.1, 0.15) is 76.0 Å². The van der Waals surface area contributed by atoms with E-state index in [0.717, 1.165) is 21.1 Å². The zero-order chi connectivity index (χ0) is 19.8. The van der Waals surface area contributed by atoms with Gasteiger partial charge in [0.05, 0.1) is 11.4 Å². The monoisotopic (exact) mass is 384 g/mol. The molecule has 0 atom stereocenters. The Kier molecular flexibility index (Phi) is 5.94. The minimum Gasteiger partial charge on any atom is -0.233 e. The number of nitro groups is 1. The van der Waals surface area contributed by atoms with Crippen LogP contribution in [-0.4, -0.2) is 36.1 Å².